The van der Waals surface area contributed by atoms with Crippen molar-refractivity contribution in [3.05, 3.63) is 76.3 Å². The molecule has 0 saturated heterocycles. The second-order valence-electron chi connectivity index (χ2n) is 8.82. The predicted octanol–water partition coefficient (Wildman–Crippen LogP) is 6.17. The summed E-state index contributed by atoms with van der Waals surface area (Å²) in [7, 11) is 0. The SMILES string of the molecule is CC(C)c1ccc(Cc2cnc(NC(=O)COc3ccc(C(C)(C)C)cc3)s2)cc1. The number of benzene rings is 2. The van der Waals surface area contributed by atoms with E-state index in [1.807, 2.05) is 30.5 Å². The van der Waals surface area contributed by atoms with E-state index in [2.05, 4.69) is 69.2 Å². The summed E-state index contributed by atoms with van der Waals surface area (Å²) in [5, 5.41) is 3.42. The molecular weight excluding hydrogens is 392 g/mol. The Morgan fingerprint density at radius 1 is 1.07 bits per heavy atom. The lowest BCUT2D eigenvalue weighted by Crippen LogP contribution is -2.20. The number of carbonyl (C=O) groups excluding carboxylic acids is 1. The van der Waals surface area contributed by atoms with E-state index >= 15 is 0 Å². The summed E-state index contributed by atoms with van der Waals surface area (Å²) in [6.07, 6.45) is 2.63. The highest BCUT2D eigenvalue weighted by atomic mass is 32.1. The smallest absolute Gasteiger partial charge is 0.264 e. The number of nitrogens with zero attached hydrogens (tertiary/aromatic N) is 1. The molecular formula is C25H30N2O2S. The molecule has 30 heavy (non-hydrogen) atoms. The maximum Gasteiger partial charge on any atom is 0.264 e. The molecule has 0 saturated carbocycles. The van der Waals surface area contributed by atoms with Gasteiger partial charge in [-0.1, -0.05) is 71.0 Å². The number of aromatic nitrogens is 1. The van der Waals surface area contributed by atoms with Crippen LogP contribution < -0.4 is 10.1 Å². The number of hydrogen-bond acceptors (Lipinski definition) is 4. The average Bonchev–Trinajstić information content (AvgIpc) is 3.13. The number of thiazole rings is 1. The number of amides is 1. The highest BCUT2D eigenvalue weighted by Gasteiger charge is 2.13. The summed E-state index contributed by atoms with van der Waals surface area (Å²) < 4.78 is 5.61. The van der Waals surface area contributed by atoms with Crippen molar-refractivity contribution in [2.24, 2.45) is 0 Å². The summed E-state index contributed by atoms with van der Waals surface area (Å²) >= 11 is 1.49. The quantitative estimate of drug-likeness (QED) is 0.495. The van der Waals surface area contributed by atoms with Gasteiger partial charge < -0.3 is 4.74 Å². The molecule has 0 spiro atoms. The predicted molar refractivity (Wildman–Crippen MR) is 125 cm³/mol. The highest BCUT2D eigenvalue weighted by Crippen LogP contribution is 2.25. The maximum absolute atomic E-state index is 12.2. The highest BCUT2D eigenvalue weighted by molar-refractivity contribution is 7.15. The molecule has 1 heterocycles. The summed E-state index contributed by atoms with van der Waals surface area (Å²) in [6.45, 7) is 10.8. The zero-order valence-electron chi connectivity index (χ0n) is 18.4. The van der Waals surface area contributed by atoms with E-state index in [1.165, 1.54) is 28.0 Å². The molecule has 5 heteroatoms. The standard InChI is InChI=1S/C25H30N2O2S/c1-17(2)19-8-6-18(7-9-19)14-22-15-26-24(30-22)27-23(28)16-29-21-12-10-20(11-13-21)25(3,4)5/h6-13,15,17H,14,16H2,1-5H3,(H,26,27,28). The van der Waals surface area contributed by atoms with E-state index in [-0.39, 0.29) is 17.9 Å². The fraction of sp³-hybridized carbons (Fsp3) is 0.360. The van der Waals surface area contributed by atoms with Gasteiger partial charge in [0.05, 0.1) is 0 Å². The molecule has 0 aliphatic heterocycles. The zero-order chi connectivity index (χ0) is 21.7. The fourth-order valence-electron chi connectivity index (χ4n) is 3.02. The number of anilines is 1. The first kappa shape index (κ1) is 22.0. The van der Waals surface area contributed by atoms with E-state index in [1.54, 1.807) is 0 Å². The Labute approximate surface area is 183 Å². The van der Waals surface area contributed by atoms with E-state index in [4.69, 9.17) is 4.74 Å². The van der Waals surface area contributed by atoms with Crippen molar-refractivity contribution < 1.29 is 9.53 Å². The molecule has 0 fully saturated rings. The van der Waals surface area contributed by atoms with Crippen molar-refractivity contribution in [1.82, 2.24) is 4.98 Å². The number of ether oxygens (including phenoxy) is 1. The van der Waals surface area contributed by atoms with Crippen molar-refractivity contribution in [3.8, 4) is 5.75 Å². The molecule has 0 radical (unpaired) electrons. The first-order valence-electron chi connectivity index (χ1n) is 10.3. The Morgan fingerprint density at radius 3 is 2.33 bits per heavy atom. The van der Waals surface area contributed by atoms with Crippen LogP contribution in [0.4, 0.5) is 5.13 Å². The molecule has 2 aromatic carbocycles. The molecule has 1 N–H and O–H groups in total. The molecule has 0 atom stereocenters. The van der Waals surface area contributed by atoms with E-state index < -0.39 is 0 Å². The van der Waals surface area contributed by atoms with Gasteiger partial charge in [-0.05, 0) is 40.2 Å². The molecule has 0 aliphatic rings. The minimum absolute atomic E-state index is 0.0412. The van der Waals surface area contributed by atoms with E-state index in [0.29, 0.717) is 16.8 Å². The van der Waals surface area contributed by atoms with Gasteiger partial charge in [-0.25, -0.2) is 4.98 Å². The van der Waals surface area contributed by atoms with Gasteiger partial charge >= 0.3 is 0 Å². The molecule has 158 valence electrons. The van der Waals surface area contributed by atoms with Crippen LogP contribution in [0, 0.1) is 0 Å². The molecule has 0 bridgehead atoms. The zero-order valence-corrected chi connectivity index (χ0v) is 19.2. The lowest BCUT2D eigenvalue weighted by molar-refractivity contribution is -0.118. The third-order valence-electron chi connectivity index (χ3n) is 4.91. The third-order valence-corrected chi connectivity index (χ3v) is 5.83. The topological polar surface area (TPSA) is 51.2 Å². The lowest BCUT2D eigenvalue weighted by atomic mass is 9.87. The van der Waals surface area contributed by atoms with Gasteiger partial charge in [-0.3, -0.25) is 10.1 Å². The van der Waals surface area contributed by atoms with Gasteiger partial charge in [0.25, 0.3) is 5.91 Å². The van der Waals surface area contributed by atoms with Gasteiger partial charge in [0.1, 0.15) is 5.75 Å². The second-order valence-corrected chi connectivity index (χ2v) is 9.93. The van der Waals surface area contributed by atoms with E-state index in [9.17, 15) is 4.79 Å². The number of carbonyl (C=O) groups is 1. The van der Waals surface area contributed by atoms with Gasteiger partial charge in [0, 0.05) is 17.5 Å². The van der Waals surface area contributed by atoms with Crippen LogP contribution in [0.3, 0.4) is 0 Å². The summed E-state index contributed by atoms with van der Waals surface area (Å²) in [5.74, 6) is 1.00. The third kappa shape index (κ3) is 6.17. The Kier molecular flexibility index (Phi) is 6.93. The van der Waals surface area contributed by atoms with Crippen LogP contribution in [0.2, 0.25) is 0 Å². The molecule has 3 aromatic rings. The van der Waals surface area contributed by atoms with Gasteiger partial charge in [0.2, 0.25) is 0 Å². The largest absolute Gasteiger partial charge is 0.484 e. The minimum Gasteiger partial charge on any atom is -0.484 e. The van der Waals surface area contributed by atoms with E-state index in [0.717, 1.165) is 11.3 Å². The Hall–Kier alpha value is -2.66. The van der Waals surface area contributed by atoms with Crippen LogP contribution >= 0.6 is 11.3 Å². The molecule has 1 amide bonds. The van der Waals surface area contributed by atoms with Gasteiger partial charge in [0.15, 0.2) is 11.7 Å². The van der Waals surface area contributed by atoms with Crippen molar-refractivity contribution in [1.29, 1.82) is 0 Å². The Balaban J connectivity index is 1.49. The molecule has 1 aromatic heterocycles. The lowest BCUT2D eigenvalue weighted by Gasteiger charge is -2.19. The Morgan fingerprint density at radius 2 is 1.73 bits per heavy atom. The number of hydrogen-bond donors (Lipinski definition) is 1. The van der Waals surface area contributed by atoms with Crippen molar-refractivity contribution >= 4 is 22.4 Å². The van der Waals surface area contributed by atoms with Crippen molar-refractivity contribution in [2.45, 2.75) is 52.4 Å². The van der Waals surface area contributed by atoms with Crippen LogP contribution in [-0.4, -0.2) is 17.5 Å². The van der Waals surface area contributed by atoms with Crippen LogP contribution in [-0.2, 0) is 16.6 Å². The van der Waals surface area contributed by atoms with Crippen molar-refractivity contribution in [2.75, 3.05) is 11.9 Å². The molecule has 0 unspecified atom stereocenters. The maximum atomic E-state index is 12.2. The molecule has 4 nitrogen and oxygen atoms in total. The summed E-state index contributed by atoms with van der Waals surface area (Å²) in [5.41, 5.74) is 3.90. The Bertz CT molecular complexity index is 968. The first-order chi connectivity index (χ1) is 14.2. The second kappa shape index (κ2) is 9.43. The van der Waals surface area contributed by atoms with Crippen LogP contribution in [0.1, 0.15) is 62.1 Å². The summed E-state index contributed by atoms with van der Waals surface area (Å²) in [4.78, 5) is 17.6. The number of rotatable bonds is 7. The summed E-state index contributed by atoms with van der Waals surface area (Å²) in [6, 6.07) is 16.5. The van der Waals surface area contributed by atoms with Crippen LogP contribution in [0.15, 0.2) is 54.7 Å². The normalized spacial score (nSPS) is 11.5. The monoisotopic (exact) mass is 422 g/mol. The van der Waals surface area contributed by atoms with Crippen molar-refractivity contribution in [3.63, 3.8) is 0 Å². The molecule has 3 rings (SSSR count). The van der Waals surface area contributed by atoms with Gasteiger partial charge in [-0.2, -0.15) is 0 Å². The molecule has 0 aliphatic carbocycles. The van der Waals surface area contributed by atoms with Gasteiger partial charge in [-0.15, -0.1) is 11.3 Å². The number of nitrogens with one attached hydrogen (secondary N) is 1. The fourth-order valence-corrected chi connectivity index (χ4v) is 3.89. The van der Waals surface area contributed by atoms with Crippen LogP contribution in [0.5, 0.6) is 5.75 Å². The first-order valence-corrected chi connectivity index (χ1v) is 11.1. The minimum atomic E-state index is -0.211. The average molecular weight is 423 g/mol. The van der Waals surface area contributed by atoms with Crippen LogP contribution in [0.25, 0.3) is 0 Å².